The first-order valence-electron chi connectivity index (χ1n) is 7.01. The van der Waals surface area contributed by atoms with Gasteiger partial charge in [0.1, 0.15) is 0 Å². The van der Waals surface area contributed by atoms with E-state index in [0.717, 1.165) is 22.0 Å². The molecule has 0 amide bonds. The Morgan fingerprint density at radius 3 is 2.71 bits per heavy atom. The number of pyridine rings is 2. The summed E-state index contributed by atoms with van der Waals surface area (Å²) in [7, 11) is 0. The van der Waals surface area contributed by atoms with Crippen LogP contribution in [0.3, 0.4) is 0 Å². The molecule has 21 heavy (non-hydrogen) atoms. The molecule has 0 unspecified atom stereocenters. The van der Waals surface area contributed by atoms with Crippen molar-refractivity contribution in [2.75, 3.05) is 0 Å². The molecular formula is C17H17N3O. The van der Waals surface area contributed by atoms with Gasteiger partial charge >= 0.3 is 0 Å². The molecule has 4 heteroatoms. The number of aryl methyl sites for hydroxylation is 1. The lowest BCUT2D eigenvalue weighted by atomic mass is 10.0. The van der Waals surface area contributed by atoms with Crippen molar-refractivity contribution in [3.63, 3.8) is 0 Å². The summed E-state index contributed by atoms with van der Waals surface area (Å²) >= 11 is 0. The Hall–Kier alpha value is -2.46. The predicted octanol–water partition coefficient (Wildman–Crippen LogP) is 2.54. The van der Waals surface area contributed by atoms with Crippen LogP contribution in [0.5, 0.6) is 0 Å². The first-order chi connectivity index (χ1) is 10.2. The van der Waals surface area contributed by atoms with Crippen LogP contribution in [0.15, 0.2) is 53.6 Å². The second-order valence-corrected chi connectivity index (χ2v) is 4.94. The first-order valence-corrected chi connectivity index (χ1v) is 7.01. The van der Waals surface area contributed by atoms with Crippen molar-refractivity contribution in [1.29, 1.82) is 0 Å². The summed E-state index contributed by atoms with van der Waals surface area (Å²) in [5, 5.41) is 1.03. The third kappa shape index (κ3) is 2.34. The first kappa shape index (κ1) is 13.5. The van der Waals surface area contributed by atoms with E-state index in [9.17, 15) is 4.79 Å². The lowest BCUT2D eigenvalue weighted by Gasteiger charge is -2.12. The summed E-state index contributed by atoms with van der Waals surface area (Å²) in [6, 6.07) is 11.9. The highest BCUT2D eigenvalue weighted by Crippen LogP contribution is 2.23. The number of hydrogen-bond acceptors (Lipinski definition) is 3. The van der Waals surface area contributed by atoms with Gasteiger partial charge in [0.2, 0.25) is 0 Å². The van der Waals surface area contributed by atoms with E-state index in [1.165, 1.54) is 0 Å². The van der Waals surface area contributed by atoms with Crippen LogP contribution in [0, 0.1) is 0 Å². The van der Waals surface area contributed by atoms with Gasteiger partial charge in [-0.2, -0.15) is 0 Å². The van der Waals surface area contributed by atoms with Gasteiger partial charge in [-0.05, 0) is 36.1 Å². The summed E-state index contributed by atoms with van der Waals surface area (Å²) in [5.74, 6) is 0. The average molecular weight is 279 g/mol. The molecule has 0 aliphatic carbocycles. The van der Waals surface area contributed by atoms with Crippen molar-refractivity contribution >= 4 is 10.9 Å². The number of rotatable bonds is 3. The quantitative estimate of drug-likeness (QED) is 0.801. The second kappa shape index (κ2) is 5.50. The number of nitrogens with zero attached hydrogens (tertiary/aromatic N) is 2. The van der Waals surface area contributed by atoms with Gasteiger partial charge in [-0.1, -0.05) is 18.2 Å². The summed E-state index contributed by atoms with van der Waals surface area (Å²) in [6.07, 6.45) is 3.57. The Balaban J connectivity index is 2.29. The van der Waals surface area contributed by atoms with Crippen LogP contribution in [-0.4, -0.2) is 9.55 Å². The maximum Gasteiger partial charge on any atom is 0.255 e. The number of benzene rings is 1. The summed E-state index contributed by atoms with van der Waals surface area (Å²) < 4.78 is 1.78. The van der Waals surface area contributed by atoms with E-state index in [2.05, 4.69) is 4.98 Å². The van der Waals surface area contributed by atoms with E-state index < -0.39 is 0 Å². The third-order valence-corrected chi connectivity index (χ3v) is 3.70. The lowest BCUT2D eigenvalue weighted by Crippen LogP contribution is -2.25. The Bertz CT molecular complexity index is 838. The van der Waals surface area contributed by atoms with Gasteiger partial charge in [-0.25, -0.2) is 0 Å². The zero-order valence-electron chi connectivity index (χ0n) is 11.9. The second-order valence-electron chi connectivity index (χ2n) is 4.94. The zero-order valence-corrected chi connectivity index (χ0v) is 11.9. The largest absolute Gasteiger partial charge is 0.326 e. The minimum absolute atomic E-state index is 0.00385. The van der Waals surface area contributed by atoms with Gasteiger partial charge in [0.05, 0.1) is 5.52 Å². The topological polar surface area (TPSA) is 60.9 Å². The Labute approximate surface area is 122 Å². The van der Waals surface area contributed by atoms with Crippen molar-refractivity contribution in [3.8, 4) is 11.1 Å². The fourth-order valence-electron chi connectivity index (χ4n) is 2.60. The van der Waals surface area contributed by atoms with E-state index in [-0.39, 0.29) is 12.1 Å². The van der Waals surface area contributed by atoms with E-state index in [1.807, 2.05) is 49.5 Å². The summed E-state index contributed by atoms with van der Waals surface area (Å²) in [6.45, 7) is 2.86. The van der Waals surface area contributed by atoms with Crippen molar-refractivity contribution in [2.45, 2.75) is 20.0 Å². The van der Waals surface area contributed by atoms with Crippen molar-refractivity contribution < 1.29 is 0 Å². The van der Waals surface area contributed by atoms with Crippen LogP contribution < -0.4 is 11.3 Å². The van der Waals surface area contributed by atoms with Gasteiger partial charge in [-0.3, -0.25) is 9.78 Å². The number of nitrogens with two attached hydrogens (primary N) is 1. The van der Waals surface area contributed by atoms with E-state index in [0.29, 0.717) is 12.1 Å². The minimum Gasteiger partial charge on any atom is -0.326 e. The zero-order chi connectivity index (χ0) is 14.8. The SMILES string of the molecule is CCn1c(=O)c(CN)cc2ccc(-c3cccnc3)cc21. The van der Waals surface area contributed by atoms with Gasteiger partial charge in [0.25, 0.3) is 5.56 Å². The van der Waals surface area contributed by atoms with Gasteiger partial charge in [-0.15, -0.1) is 0 Å². The Morgan fingerprint density at radius 1 is 1.19 bits per heavy atom. The molecular weight excluding hydrogens is 262 g/mol. The molecule has 2 aromatic heterocycles. The van der Waals surface area contributed by atoms with Crippen molar-refractivity contribution in [1.82, 2.24) is 9.55 Å². The fourth-order valence-corrected chi connectivity index (χ4v) is 2.60. The molecule has 4 nitrogen and oxygen atoms in total. The highest BCUT2D eigenvalue weighted by Gasteiger charge is 2.08. The molecule has 1 aromatic carbocycles. The Kier molecular flexibility index (Phi) is 3.54. The van der Waals surface area contributed by atoms with Crippen LogP contribution in [0.4, 0.5) is 0 Å². The molecule has 0 aliphatic rings. The lowest BCUT2D eigenvalue weighted by molar-refractivity contribution is 0.746. The number of aromatic nitrogens is 2. The van der Waals surface area contributed by atoms with E-state index in [4.69, 9.17) is 5.73 Å². The molecule has 2 N–H and O–H groups in total. The van der Waals surface area contributed by atoms with Crippen LogP contribution >= 0.6 is 0 Å². The average Bonchev–Trinajstić information content (AvgIpc) is 2.54. The maximum atomic E-state index is 12.4. The summed E-state index contributed by atoms with van der Waals surface area (Å²) in [4.78, 5) is 16.5. The highest BCUT2D eigenvalue weighted by molar-refractivity contribution is 5.85. The molecule has 0 radical (unpaired) electrons. The van der Waals surface area contributed by atoms with Crippen molar-refractivity contribution in [2.24, 2.45) is 5.73 Å². The van der Waals surface area contributed by atoms with Crippen LogP contribution in [0.1, 0.15) is 12.5 Å². The molecule has 0 bridgehead atoms. The molecule has 0 saturated heterocycles. The fraction of sp³-hybridized carbons (Fsp3) is 0.176. The van der Waals surface area contributed by atoms with Gasteiger partial charge in [0, 0.05) is 36.6 Å². The minimum atomic E-state index is -0.00385. The van der Waals surface area contributed by atoms with E-state index in [1.54, 1.807) is 10.8 Å². The van der Waals surface area contributed by atoms with E-state index >= 15 is 0 Å². The number of fused-ring (bicyclic) bond motifs is 1. The standard InChI is InChI=1S/C17H17N3O/c1-2-20-16-9-12(14-4-3-7-19-11-14)5-6-13(16)8-15(10-18)17(20)21/h3-9,11H,2,10,18H2,1H3. The molecule has 2 heterocycles. The van der Waals surface area contributed by atoms with Crippen LogP contribution in [0.25, 0.3) is 22.0 Å². The van der Waals surface area contributed by atoms with Gasteiger partial charge < -0.3 is 10.3 Å². The molecule has 0 atom stereocenters. The summed E-state index contributed by atoms with van der Waals surface area (Å²) in [5.41, 5.74) is 9.34. The normalized spacial score (nSPS) is 11.0. The van der Waals surface area contributed by atoms with Crippen LogP contribution in [0.2, 0.25) is 0 Å². The van der Waals surface area contributed by atoms with Crippen molar-refractivity contribution in [3.05, 3.63) is 64.7 Å². The molecule has 0 fully saturated rings. The molecule has 106 valence electrons. The predicted molar refractivity (Wildman–Crippen MR) is 85.0 cm³/mol. The smallest absolute Gasteiger partial charge is 0.255 e. The molecule has 0 spiro atoms. The maximum absolute atomic E-state index is 12.4. The molecule has 0 saturated carbocycles. The Morgan fingerprint density at radius 2 is 2.05 bits per heavy atom. The molecule has 3 aromatic rings. The molecule has 0 aliphatic heterocycles. The monoisotopic (exact) mass is 279 g/mol. The third-order valence-electron chi connectivity index (χ3n) is 3.70. The van der Waals surface area contributed by atoms with Crippen LogP contribution in [-0.2, 0) is 13.1 Å². The highest BCUT2D eigenvalue weighted by atomic mass is 16.1. The molecule has 3 rings (SSSR count). The van der Waals surface area contributed by atoms with Gasteiger partial charge in [0.15, 0.2) is 0 Å². The number of hydrogen-bond donors (Lipinski definition) is 1.